The van der Waals surface area contributed by atoms with Crippen LogP contribution in [0, 0.1) is 6.92 Å². The number of nitrogens with zero attached hydrogens (tertiary/aromatic N) is 5. The standard InChI is InChI=1S/C28H38ClN7O4S/c1-17-13-36-25(31-26(17)34-14-20(30)24(15-34)40-28(2,3)16-37)12-22(32-36)23-7-5-6-10-35(23)27(38)19-11-18(29)8-9-21(19)33-41(4)39/h8-9,11-13,20,23-24,33,37H,5-7,10,14-16,30H2,1-4H3. The zero-order valence-electron chi connectivity index (χ0n) is 23.8. The third kappa shape index (κ3) is 6.36. The number of aliphatic hydroxyl groups excluding tert-OH is 1. The van der Waals surface area contributed by atoms with Gasteiger partial charge in [0, 0.05) is 48.7 Å². The molecule has 1 aromatic carbocycles. The Kier molecular flexibility index (Phi) is 8.58. The van der Waals surface area contributed by atoms with Gasteiger partial charge in [-0.3, -0.25) is 4.79 Å². The molecule has 0 spiro atoms. The number of nitrogens with two attached hydrogens (primary N) is 1. The molecular weight excluding hydrogens is 566 g/mol. The van der Waals surface area contributed by atoms with Crippen molar-refractivity contribution in [3.63, 3.8) is 0 Å². The number of amides is 1. The van der Waals surface area contributed by atoms with Gasteiger partial charge in [-0.25, -0.2) is 13.7 Å². The maximum atomic E-state index is 13.8. The van der Waals surface area contributed by atoms with Crippen LogP contribution >= 0.6 is 11.6 Å². The highest BCUT2D eigenvalue weighted by atomic mass is 35.5. The summed E-state index contributed by atoms with van der Waals surface area (Å²) in [5, 5.41) is 14.9. The van der Waals surface area contributed by atoms with Crippen LogP contribution in [-0.4, -0.2) is 85.0 Å². The van der Waals surface area contributed by atoms with E-state index in [9.17, 15) is 14.1 Å². The van der Waals surface area contributed by atoms with Crippen LogP contribution in [0.3, 0.4) is 0 Å². The SMILES string of the molecule is Cc1cn2nc(C3CCCCN3C(=O)c3cc(Cl)ccc3NS(C)=O)cc2nc1N1CC(N)C(OC(C)(C)CO)C1. The fourth-order valence-corrected chi connectivity index (χ4v) is 6.28. The van der Waals surface area contributed by atoms with Gasteiger partial charge in [-0.1, -0.05) is 11.6 Å². The first-order chi connectivity index (χ1) is 19.5. The molecule has 0 aliphatic carbocycles. The van der Waals surface area contributed by atoms with Gasteiger partial charge in [0.15, 0.2) is 5.65 Å². The largest absolute Gasteiger partial charge is 0.393 e. The van der Waals surface area contributed by atoms with Crippen molar-refractivity contribution in [2.75, 3.05) is 42.1 Å². The van der Waals surface area contributed by atoms with Crippen molar-refractivity contribution < 1.29 is 18.8 Å². The van der Waals surface area contributed by atoms with Crippen molar-refractivity contribution in [3.8, 4) is 0 Å². The van der Waals surface area contributed by atoms with Crippen LogP contribution in [-0.2, 0) is 15.7 Å². The first-order valence-electron chi connectivity index (χ1n) is 13.8. The Labute approximate surface area is 247 Å². The van der Waals surface area contributed by atoms with Crippen molar-refractivity contribution in [1.29, 1.82) is 0 Å². The predicted molar refractivity (Wildman–Crippen MR) is 161 cm³/mol. The van der Waals surface area contributed by atoms with E-state index >= 15 is 0 Å². The Morgan fingerprint density at radius 3 is 2.80 bits per heavy atom. The number of aromatic nitrogens is 3. The molecule has 222 valence electrons. The van der Waals surface area contributed by atoms with E-state index in [1.807, 2.05) is 37.9 Å². The smallest absolute Gasteiger partial charge is 0.256 e. The fourth-order valence-electron chi connectivity index (χ4n) is 5.62. The number of anilines is 2. The highest BCUT2D eigenvalue weighted by Gasteiger charge is 2.37. The predicted octanol–water partition coefficient (Wildman–Crippen LogP) is 3.07. The highest BCUT2D eigenvalue weighted by Crippen LogP contribution is 2.34. The summed E-state index contributed by atoms with van der Waals surface area (Å²) >= 11 is 6.25. The normalized spacial score (nSPS) is 22.4. The van der Waals surface area contributed by atoms with E-state index in [0.717, 1.165) is 36.3 Å². The minimum Gasteiger partial charge on any atom is -0.393 e. The van der Waals surface area contributed by atoms with E-state index in [-0.39, 0.29) is 30.7 Å². The van der Waals surface area contributed by atoms with E-state index in [4.69, 9.17) is 32.2 Å². The number of nitrogens with one attached hydrogen (secondary N) is 1. The van der Waals surface area contributed by atoms with Crippen LogP contribution in [0.2, 0.25) is 5.02 Å². The van der Waals surface area contributed by atoms with E-state index in [1.54, 1.807) is 22.7 Å². The van der Waals surface area contributed by atoms with Gasteiger partial charge in [0.2, 0.25) is 0 Å². The zero-order chi connectivity index (χ0) is 29.5. The van der Waals surface area contributed by atoms with Crippen molar-refractivity contribution in [2.24, 2.45) is 5.73 Å². The molecule has 3 aromatic rings. The number of carbonyl (C=O) groups excluding carboxylic acids is 1. The van der Waals surface area contributed by atoms with E-state index in [2.05, 4.69) is 9.62 Å². The third-order valence-corrected chi connectivity index (χ3v) is 8.40. The van der Waals surface area contributed by atoms with Crippen molar-refractivity contribution in [1.82, 2.24) is 19.5 Å². The minimum absolute atomic E-state index is 0.0913. The second kappa shape index (κ2) is 11.8. The first kappa shape index (κ1) is 29.7. The molecule has 11 nitrogen and oxygen atoms in total. The Hall–Kier alpha value is -2.77. The molecule has 4 atom stereocenters. The Balaban J connectivity index is 1.42. The van der Waals surface area contributed by atoms with Crippen LogP contribution in [0.5, 0.6) is 0 Å². The lowest BCUT2D eigenvalue weighted by molar-refractivity contribution is -0.0938. The molecule has 5 rings (SSSR count). The minimum atomic E-state index is -1.35. The molecular formula is C28H38ClN7O4S. The van der Waals surface area contributed by atoms with Gasteiger partial charge in [-0.2, -0.15) is 5.10 Å². The summed E-state index contributed by atoms with van der Waals surface area (Å²) in [6, 6.07) is 6.46. The van der Waals surface area contributed by atoms with Gasteiger partial charge in [-0.15, -0.1) is 0 Å². The van der Waals surface area contributed by atoms with Crippen LogP contribution in [0.1, 0.15) is 60.8 Å². The number of carbonyl (C=O) groups is 1. The second-order valence-electron chi connectivity index (χ2n) is 11.5. The molecule has 41 heavy (non-hydrogen) atoms. The van der Waals surface area contributed by atoms with Crippen LogP contribution in [0.15, 0.2) is 30.5 Å². The summed E-state index contributed by atoms with van der Waals surface area (Å²) in [6.07, 6.45) is 5.86. The molecule has 0 saturated carbocycles. The number of halogens is 1. The van der Waals surface area contributed by atoms with Gasteiger partial charge in [0.25, 0.3) is 5.91 Å². The van der Waals surface area contributed by atoms with E-state index < -0.39 is 16.6 Å². The van der Waals surface area contributed by atoms with E-state index in [0.29, 0.717) is 41.6 Å². The number of hydrogen-bond donors (Lipinski definition) is 3. The molecule has 2 saturated heterocycles. The maximum absolute atomic E-state index is 13.8. The number of likely N-dealkylation sites (tertiary alicyclic amines) is 1. The topological polar surface area (TPSA) is 138 Å². The number of rotatable bonds is 8. The Morgan fingerprint density at radius 1 is 1.29 bits per heavy atom. The molecule has 4 N–H and O–H groups in total. The number of benzene rings is 1. The van der Waals surface area contributed by atoms with Gasteiger partial charge in [-0.05, 0) is 58.2 Å². The molecule has 2 fully saturated rings. The Bertz CT molecular complexity index is 1460. The second-order valence-corrected chi connectivity index (χ2v) is 13.1. The van der Waals surface area contributed by atoms with Crippen molar-refractivity contribution >= 4 is 45.6 Å². The summed E-state index contributed by atoms with van der Waals surface area (Å²) in [7, 11) is -1.35. The van der Waals surface area contributed by atoms with Crippen molar-refractivity contribution in [3.05, 3.63) is 52.3 Å². The Morgan fingerprint density at radius 2 is 2.07 bits per heavy atom. The number of ether oxygens (including phenoxy) is 1. The molecule has 4 heterocycles. The monoisotopic (exact) mass is 603 g/mol. The van der Waals surface area contributed by atoms with Crippen LogP contribution < -0.4 is 15.4 Å². The van der Waals surface area contributed by atoms with E-state index in [1.165, 1.54) is 6.26 Å². The third-order valence-electron chi connectivity index (χ3n) is 7.65. The fraction of sp³-hybridized carbons (Fsp3) is 0.536. The zero-order valence-corrected chi connectivity index (χ0v) is 25.4. The van der Waals surface area contributed by atoms with Gasteiger partial charge in [0.05, 0.1) is 47.3 Å². The summed E-state index contributed by atoms with van der Waals surface area (Å²) in [4.78, 5) is 22.7. The molecule has 0 radical (unpaired) electrons. The first-order valence-corrected chi connectivity index (χ1v) is 15.8. The quantitative estimate of drug-likeness (QED) is 0.357. The summed E-state index contributed by atoms with van der Waals surface area (Å²) < 4.78 is 22.6. The molecule has 0 bridgehead atoms. The highest BCUT2D eigenvalue weighted by molar-refractivity contribution is 7.85. The number of hydrogen-bond acceptors (Lipinski definition) is 8. The molecule has 2 aliphatic heterocycles. The molecule has 2 aromatic heterocycles. The molecule has 1 amide bonds. The number of aliphatic hydroxyl groups is 1. The van der Waals surface area contributed by atoms with Crippen LogP contribution in [0.4, 0.5) is 11.5 Å². The lowest BCUT2D eigenvalue weighted by atomic mass is 9.98. The van der Waals surface area contributed by atoms with Gasteiger partial charge in [0.1, 0.15) is 16.8 Å². The number of fused-ring (bicyclic) bond motifs is 1. The summed E-state index contributed by atoms with van der Waals surface area (Å²) in [6.45, 7) is 7.32. The molecule has 13 heteroatoms. The van der Waals surface area contributed by atoms with Crippen LogP contribution in [0.25, 0.3) is 5.65 Å². The lowest BCUT2D eigenvalue weighted by Crippen LogP contribution is -2.42. The number of piperidine rings is 1. The maximum Gasteiger partial charge on any atom is 0.256 e. The van der Waals surface area contributed by atoms with Crippen molar-refractivity contribution in [2.45, 2.75) is 63.8 Å². The lowest BCUT2D eigenvalue weighted by Gasteiger charge is -2.35. The van der Waals surface area contributed by atoms with Gasteiger partial charge < -0.3 is 30.1 Å². The van der Waals surface area contributed by atoms with Gasteiger partial charge >= 0.3 is 0 Å². The summed E-state index contributed by atoms with van der Waals surface area (Å²) in [5.41, 5.74) is 8.99. The average molecular weight is 604 g/mol. The summed E-state index contributed by atoms with van der Waals surface area (Å²) in [5.74, 6) is 0.626. The number of aryl methyl sites for hydroxylation is 1. The molecule has 4 unspecified atom stereocenters. The average Bonchev–Trinajstić information content (AvgIpc) is 3.50. The molecule has 2 aliphatic rings.